The number of nitriles is 1. The van der Waals surface area contributed by atoms with Crippen molar-refractivity contribution < 1.29 is 9.53 Å². The Morgan fingerprint density at radius 3 is 2.48 bits per heavy atom. The molecule has 1 aromatic heterocycles. The van der Waals surface area contributed by atoms with Crippen LogP contribution in [0.25, 0.3) is 0 Å². The van der Waals surface area contributed by atoms with Gasteiger partial charge in [-0.25, -0.2) is 0 Å². The lowest BCUT2D eigenvalue weighted by atomic mass is 9.69. The molecule has 1 unspecified atom stereocenters. The zero-order valence-corrected chi connectivity index (χ0v) is 18.3. The number of fused-ring (bicyclic) bond motifs is 4. The van der Waals surface area contributed by atoms with E-state index in [0.717, 1.165) is 5.56 Å². The van der Waals surface area contributed by atoms with E-state index in [2.05, 4.69) is 6.07 Å². The Morgan fingerprint density at radius 1 is 1.09 bits per heavy atom. The summed E-state index contributed by atoms with van der Waals surface area (Å²) in [5.41, 5.74) is 7.05. The van der Waals surface area contributed by atoms with Gasteiger partial charge in [-0.15, -0.1) is 0 Å². The maximum Gasteiger partial charge on any atom is 0.259 e. The number of pyridine rings is 1. The number of anilines is 1. The van der Waals surface area contributed by atoms with Crippen molar-refractivity contribution in [1.29, 1.82) is 5.26 Å². The average Bonchev–Trinajstić information content (AvgIpc) is 3.05. The second kappa shape index (κ2) is 7.38. The van der Waals surface area contributed by atoms with Crippen LogP contribution in [0.1, 0.15) is 29.3 Å². The molecule has 0 saturated heterocycles. The van der Waals surface area contributed by atoms with Crippen molar-refractivity contribution in [3.05, 3.63) is 105 Å². The number of ether oxygens (including phenoxy) is 1. The predicted molar refractivity (Wildman–Crippen MR) is 124 cm³/mol. The van der Waals surface area contributed by atoms with Crippen LogP contribution in [0.4, 0.5) is 5.69 Å². The number of hydrogen-bond donors (Lipinski definition) is 1. The number of carbonyl (C=O) groups excluding carboxylic acids is 1. The summed E-state index contributed by atoms with van der Waals surface area (Å²) in [6.45, 7) is 4.37. The van der Waals surface area contributed by atoms with E-state index in [1.807, 2.05) is 56.3 Å². The van der Waals surface area contributed by atoms with Gasteiger partial charge in [0.1, 0.15) is 17.4 Å². The number of benzene rings is 2. The number of likely N-dealkylation sites (N-methyl/N-ethyl adjacent to an activating group) is 1. The number of hydrogen-bond acceptors (Lipinski definition) is 5. The van der Waals surface area contributed by atoms with Crippen LogP contribution in [0, 0.1) is 18.3 Å². The number of aryl methyl sites for hydroxylation is 1. The maximum atomic E-state index is 14.1. The van der Waals surface area contributed by atoms with Crippen LogP contribution in [-0.4, -0.2) is 17.0 Å². The van der Waals surface area contributed by atoms with E-state index in [1.165, 1.54) is 0 Å². The molecule has 0 bridgehead atoms. The third-order valence-corrected chi connectivity index (χ3v) is 6.46. The van der Waals surface area contributed by atoms with Crippen molar-refractivity contribution in [1.82, 2.24) is 4.57 Å². The highest BCUT2D eigenvalue weighted by molar-refractivity contribution is 6.14. The lowest BCUT2D eigenvalue weighted by Gasteiger charge is -2.34. The van der Waals surface area contributed by atoms with Crippen LogP contribution >= 0.6 is 0 Å². The molecule has 164 valence electrons. The summed E-state index contributed by atoms with van der Waals surface area (Å²) in [4.78, 5) is 29.7. The quantitative estimate of drug-likeness (QED) is 0.678. The van der Waals surface area contributed by atoms with Crippen molar-refractivity contribution in [2.75, 3.05) is 11.4 Å². The van der Waals surface area contributed by atoms with Crippen LogP contribution in [0.5, 0.6) is 5.75 Å². The smallest absolute Gasteiger partial charge is 0.259 e. The highest BCUT2D eigenvalue weighted by Crippen LogP contribution is 2.54. The first-order valence-corrected chi connectivity index (χ1v) is 10.7. The first kappa shape index (κ1) is 20.6. The van der Waals surface area contributed by atoms with E-state index in [9.17, 15) is 14.9 Å². The summed E-state index contributed by atoms with van der Waals surface area (Å²) in [6.07, 6.45) is 0. The van der Waals surface area contributed by atoms with Gasteiger partial charge in [0.15, 0.2) is 5.41 Å². The third kappa shape index (κ3) is 2.67. The first-order valence-electron chi connectivity index (χ1n) is 10.7. The molecule has 3 heterocycles. The van der Waals surface area contributed by atoms with Crippen LogP contribution in [0.3, 0.4) is 0 Å². The lowest BCUT2D eigenvalue weighted by Crippen LogP contribution is -2.50. The number of nitrogens with zero attached hydrogens (tertiary/aromatic N) is 3. The molecule has 0 radical (unpaired) electrons. The average molecular weight is 438 g/mol. The maximum absolute atomic E-state index is 14.1. The van der Waals surface area contributed by atoms with Gasteiger partial charge in [-0.3, -0.25) is 9.59 Å². The molecule has 0 aliphatic carbocycles. The molecule has 2 aliphatic heterocycles. The summed E-state index contributed by atoms with van der Waals surface area (Å²) in [6, 6.07) is 20.6. The minimum Gasteiger partial charge on any atom is -0.440 e. The van der Waals surface area contributed by atoms with Crippen LogP contribution in [-0.2, 0) is 16.8 Å². The minimum atomic E-state index is -1.65. The molecule has 7 heteroatoms. The number of para-hydroxylation sites is 1. The molecule has 2 N–H and O–H groups in total. The van der Waals surface area contributed by atoms with E-state index in [-0.39, 0.29) is 34.2 Å². The van der Waals surface area contributed by atoms with Crippen LogP contribution < -0.4 is 20.9 Å². The first-order chi connectivity index (χ1) is 15.9. The standard InChI is InChI=1S/C26H22N4O3/c1-3-29-20-12-8-7-11-18(20)26(25(29)32)19(14-27)23(28)33-21-13-16(2)30(24(31)22(21)26)15-17-9-5-4-6-10-17/h4-13H,3,15,28H2,1-2H3. The summed E-state index contributed by atoms with van der Waals surface area (Å²) in [7, 11) is 0. The fourth-order valence-electron chi connectivity index (χ4n) is 5.00. The summed E-state index contributed by atoms with van der Waals surface area (Å²) in [5, 5.41) is 10.1. The fourth-order valence-corrected chi connectivity index (χ4v) is 5.00. The Bertz CT molecular complexity index is 1430. The molecule has 0 fully saturated rings. The molecule has 2 aromatic carbocycles. The molecule has 1 amide bonds. The largest absolute Gasteiger partial charge is 0.440 e. The van der Waals surface area contributed by atoms with Crippen LogP contribution in [0.15, 0.2) is 76.9 Å². The van der Waals surface area contributed by atoms with Gasteiger partial charge in [0.25, 0.3) is 5.56 Å². The van der Waals surface area contributed by atoms with Crippen molar-refractivity contribution in [2.45, 2.75) is 25.8 Å². The monoisotopic (exact) mass is 438 g/mol. The van der Waals surface area contributed by atoms with Gasteiger partial charge < -0.3 is 19.9 Å². The van der Waals surface area contributed by atoms with E-state index in [0.29, 0.717) is 30.0 Å². The second-order valence-corrected chi connectivity index (χ2v) is 8.17. The van der Waals surface area contributed by atoms with Crippen molar-refractivity contribution in [3.8, 4) is 11.8 Å². The summed E-state index contributed by atoms with van der Waals surface area (Å²) < 4.78 is 7.38. The number of aromatic nitrogens is 1. The summed E-state index contributed by atoms with van der Waals surface area (Å²) >= 11 is 0. The minimum absolute atomic E-state index is 0.0596. The predicted octanol–water partition coefficient (Wildman–Crippen LogP) is 2.94. The normalized spacial score (nSPS) is 18.7. The molecule has 3 aromatic rings. The number of carbonyl (C=O) groups is 1. The van der Waals surface area contributed by atoms with E-state index in [1.54, 1.807) is 27.7 Å². The van der Waals surface area contributed by atoms with Gasteiger partial charge in [0, 0.05) is 29.6 Å². The molecule has 1 atom stereocenters. The molecule has 5 rings (SSSR count). The number of nitrogens with two attached hydrogens (primary N) is 1. The van der Waals surface area contributed by atoms with Crippen molar-refractivity contribution >= 4 is 11.6 Å². The highest BCUT2D eigenvalue weighted by Gasteiger charge is 2.60. The van der Waals surface area contributed by atoms with Crippen molar-refractivity contribution in [3.63, 3.8) is 0 Å². The molecular formula is C26H22N4O3. The van der Waals surface area contributed by atoms with Crippen molar-refractivity contribution in [2.24, 2.45) is 5.73 Å². The third-order valence-electron chi connectivity index (χ3n) is 6.46. The van der Waals surface area contributed by atoms with E-state index < -0.39 is 5.41 Å². The van der Waals surface area contributed by atoms with Gasteiger partial charge in [-0.05, 0) is 25.5 Å². The van der Waals surface area contributed by atoms with Gasteiger partial charge in [0.05, 0.1) is 12.1 Å². The number of rotatable bonds is 3. The van der Waals surface area contributed by atoms with E-state index in [4.69, 9.17) is 10.5 Å². The fraction of sp³-hybridized carbons (Fsp3) is 0.192. The molecule has 1 spiro atoms. The second-order valence-electron chi connectivity index (χ2n) is 8.17. The zero-order chi connectivity index (χ0) is 23.3. The Morgan fingerprint density at radius 2 is 1.79 bits per heavy atom. The molecule has 0 saturated carbocycles. The SMILES string of the molecule is CCN1C(=O)C2(C(C#N)=C(N)Oc3cc(C)n(Cc4ccccc4)c(=O)c32)c2ccccc21. The van der Waals surface area contributed by atoms with Crippen LogP contribution in [0.2, 0.25) is 0 Å². The lowest BCUT2D eigenvalue weighted by molar-refractivity contribution is -0.120. The molecule has 7 nitrogen and oxygen atoms in total. The van der Waals surface area contributed by atoms with Gasteiger partial charge in [-0.1, -0.05) is 48.5 Å². The molecular weight excluding hydrogens is 416 g/mol. The molecule has 2 aliphatic rings. The Labute approximate surface area is 190 Å². The Hall–Kier alpha value is -4.31. The number of amides is 1. The Balaban J connectivity index is 1.87. The highest BCUT2D eigenvalue weighted by atomic mass is 16.5. The summed E-state index contributed by atoms with van der Waals surface area (Å²) in [5.74, 6) is -0.326. The van der Waals surface area contributed by atoms with Gasteiger partial charge in [0.2, 0.25) is 11.8 Å². The van der Waals surface area contributed by atoms with E-state index >= 15 is 0 Å². The van der Waals surface area contributed by atoms with Gasteiger partial charge >= 0.3 is 0 Å². The Kier molecular flexibility index (Phi) is 4.61. The molecule has 33 heavy (non-hydrogen) atoms. The van der Waals surface area contributed by atoms with Gasteiger partial charge in [-0.2, -0.15) is 5.26 Å². The zero-order valence-electron chi connectivity index (χ0n) is 18.3. The topological polar surface area (TPSA) is 101 Å².